The Bertz CT molecular complexity index is 655. The Balaban J connectivity index is 2.29. The minimum atomic E-state index is -3.75. The van der Waals surface area contributed by atoms with E-state index in [0.29, 0.717) is 11.5 Å². The van der Waals surface area contributed by atoms with Crippen molar-refractivity contribution in [1.29, 1.82) is 0 Å². The highest BCUT2D eigenvalue weighted by Crippen LogP contribution is 2.26. The Kier molecular flexibility index (Phi) is 3.79. The fraction of sp³-hybridized carbons (Fsp3) is 0.333. The van der Waals surface area contributed by atoms with Crippen molar-refractivity contribution in [2.45, 2.75) is 31.9 Å². The lowest BCUT2D eigenvalue weighted by Gasteiger charge is -2.06. The molecule has 2 aromatic rings. The fourth-order valence-corrected chi connectivity index (χ4v) is 3.33. The summed E-state index contributed by atoms with van der Waals surface area (Å²) in [6.07, 6.45) is 1.47. The van der Waals surface area contributed by atoms with Gasteiger partial charge in [0.25, 0.3) is 0 Å². The predicted molar refractivity (Wildman–Crippen MR) is 66.8 cm³/mol. The van der Waals surface area contributed by atoms with Gasteiger partial charge in [0, 0.05) is 5.56 Å². The van der Waals surface area contributed by atoms with E-state index in [4.69, 9.17) is 8.83 Å². The minimum absolute atomic E-state index is 0.000874. The highest BCUT2D eigenvalue weighted by molar-refractivity contribution is 7.89. The van der Waals surface area contributed by atoms with Crippen molar-refractivity contribution in [2.75, 3.05) is 0 Å². The Morgan fingerprint density at radius 1 is 1.32 bits per heavy atom. The zero-order valence-corrected chi connectivity index (χ0v) is 11.5. The van der Waals surface area contributed by atoms with E-state index in [1.54, 1.807) is 26.0 Å². The van der Waals surface area contributed by atoms with Crippen molar-refractivity contribution in [2.24, 2.45) is 0 Å². The molecule has 0 aliphatic carbocycles. The summed E-state index contributed by atoms with van der Waals surface area (Å²) in [5.41, 5.74) is 0.282. The summed E-state index contributed by atoms with van der Waals surface area (Å²) < 4.78 is 37.2. The molecule has 2 aromatic heterocycles. The molecule has 0 spiro atoms. The molecule has 0 amide bonds. The van der Waals surface area contributed by atoms with Gasteiger partial charge in [0.05, 0.1) is 19.4 Å². The monoisotopic (exact) mass is 285 g/mol. The second-order valence-electron chi connectivity index (χ2n) is 4.08. The second-order valence-corrected chi connectivity index (χ2v) is 5.79. The molecule has 19 heavy (non-hydrogen) atoms. The molecule has 104 valence electrons. The van der Waals surface area contributed by atoms with Crippen LogP contribution in [0.2, 0.25) is 0 Å². The van der Waals surface area contributed by atoms with Crippen molar-refractivity contribution < 1.29 is 22.4 Å². The summed E-state index contributed by atoms with van der Waals surface area (Å²) in [6.45, 7) is 2.82. The van der Waals surface area contributed by atoms with Crippen molar-refractivity contribution in [1.82, 2.24) is 4.72 Å². The fourth-order valence-electron chi connectivity index (χ4n) is 1.90. The van der Waals surface area contributed by atoms with Crippen molar-refractivity contribution >= 4 is 10.0 Å². The largest absolute Gasteiger partial charge is 0.468 e. The number of aryl methyl sites for hydroxylation is 2. The molecule has 0 radical (unpaired) electrons. The molecule has 0 aliphatic rings. The van der Waals surface area contributed by atoms with Gasteiger partial charge >= 0.3 is 0 Å². The zero-order chi connectivity index (χ0) is 14.0. The summed E-state index contributed by atoms with van der Waals surface area (Å²) in [6, 6.07) is 3.35. The van der Waals surface area contributed by atoms with Crippen LogP contribution in [0.1, 0.15) is 22.8 Å². The number of hydrogen-bond donors (Lipinski definition) is 2. The van der Waals surface area contributed by atoms with Crippen LogP contribution in [0.15, 0.2) is 32.1 Å². The molecule has 0 saturated heterocycles. The third-order valence-electron chi connectivity index (χ3n) is 2.77. The summed E-state index contributed by atoms with van der Waals surface area (Å²) in [7, 11) is -3.75. The van der Waals surface area contributed by atoms with Crippen LogP contribution in [-0.2, 0) is 23.2 Å². The molecule has 0 fully saturated rings. The standard InChI is InChI=1S/C12H15NO5S/c1-8-11(7-14)12(9(2)18-8)19(15,16)13-6-10-4-3-5-17-10/h3-5,13-14H,6-7H2,1-2H3. The van der Waals surface area contributed by atoms with Gasteiger partial charge in [-0.1, -0.05) is 0 Å². The number of aliphatic hydroxyl groups excluding tert-OH is 1. The molecule has 7 heteroatoms. The average Bonchev–Trinajstić information content (AvgIpc) is 2.94. The van der Waals surface area contributed by atoms with Gasteiger partial charge in [-0.15, -0.1) is 0 Å². The van der Waals surface area contributed by atoms with Crippen LogP contribution in [0.4, 0.5) is 0 Å². The topological polar surface area (TPSA) is 92.7 Å². The first-order valence-electron chi connectivity index (χ1n) is 5.67. The number of hydrogen-bond acceptors (Lipinski definition) is 5. The molecule has 2 N–H and O–H groups in total. The molecule has 2 heterocycles. The number of furan rings is 2. The SMILES string of the molecule is Cc1oc(C)c(S(=O)(=O)NCc2ccco2)c1CO. The minimum Gasteiger partial charge on any atom is -0.468 e. The van der Waals surface area contributed by atoms with E-state index in [9.17, 15) is 13.5 Å². The van der Waals surface area contributed by atoms with E-state index >= 15 is 0 Å². The number of nitrogens with one attached hydrogen (secondary N) is 1. The first-order valence-corrected chi connectivity index (χ1v) is 7.16. The first-order chi connectivity index (χ1) is 8.95. The molecular formula is C12H15NO5S. The van der Waals surface area contributed by atoms with Gasteiger partial charge in [-0.05, 0) is 26.0 Å². The highest BCUT2D eigenvalue weighted by Gasteiger charge is 2.26. The van der Waals surface area contributed by atoms with E-state index in [1.807, 2.05) is 0 Å². The first kappa shape index (κ1) is 13.9. The molecule has 2 rings (SSSR count). The van der Waals surface area contributed by atoms with Gasteiger partial charge < -0.3 is 13.9 Å². The molecule has 0 saturated carbocycles. The molecule has 0 unspecified atom stereocenters. The van der Waals surface area contributed by atoms with Crippen LogP contribution in [0.25, 0.3) is 0 Å². The maximum absolute atomic E-state index is 12.2. The van der Waals surface area contributed by atoms with Crippen molar-refractivity contribution in [3.05, 3.63) is 41.2 Å². The summed E-state index contributed by atoms with van der Waals surface area (Å²) in [5.74, 6) is 1.17. The number of sulfonamides is 1. The molecule has 0 bridgehead atoms. The summed E-state index contributed by atoms with van der Waals surface area (Å²) in [4.78, 5) is -0.000874. The van der Waals surface area contributed by atoms with Gasteiger partial charge in [0.15, 0.2) is 0 Å². The summed E-state index contributed by atoms with van der Waals surface area (Å²) in [5, 5.41) is 9.26. The van der Waals surface area contributed by atoms with E-state index in [2.05, 4.69) is 4.72 Å². The van der Waals surface area contributed by atoms with Crippen LogP contribution in [0.5, 0.6) is 0 Å². The molecule has 0 aliphatic heterocycles. The smallest absolute Gasteiger partial charge is 0.244 e. The van der Waals surface area contributed by atoms with Crippen LogP contribution < -0.4 is 4.72 Å². The highest BCUT2D eigenvalue weighted by atomic mass is 32.2. The van der Waals surface area contributed by atoms with E-state index in [0.717, 1.165) is 0 Å². The maximum atomic E-state index is 12.2. The summed E-state index contributed by atoms with van der Waals surface area (Å²) >= 11 is 0. The van der Waals surface area contributed by atoms with E-state index in [1.165, 1.54) is 6.26 Å². The molecular weight excluding hydrogens is 270 g/mol. The Labute approximate surface area is 111 Å². The molecule has 0 aromatic carbocycles. The third-order valence-corrected chi connectivity index (χ3v) is 4.36. The Morgan fingerprint density at radius 2 is 2.05 bits per heavy atom. The zero-order valence-electron chi connectivity index (χ0n) is 10.6. The lowest BCUT2D eigenvalue weighted by atomic mass is 10.2. The van der Waals surface area contributed by atoms with E-state index in [-0.39, 0.29) is 29.4 Å². The van der Waals surface area contributed by atoms with Gasteiger partial charge in [0.1, 0.15) is 22.2 Å². The van der Waals surface area contributed by atoms with Crippen LogP contribution in [0, 0.1) is 13.8 Å². The van der Waals surface area contributed by atoms with Crippen LogP contribution >= 0.6 is 0 Å². The Hall–Kier alpha value is -1.57. The lowest BCUT2D eigenvalue weighted by Crippen LogP contribution is -2.24. The molecule has 6 nitrogen and oxygen atoms in total. The normalized spacial score (nSPS) is 11.9. The van der Waals surface area contributed by atoms with Gasteiger partial charge in [-0.2, -0.15) is 0 Å². The number of aliphatic hydroxyl groups is 1. The quantitative estimate of drug-likeness (QED) is 0.867. The maximum Gasteiger partial charge on any atom is 0.244 e. The second kappa shape index (κ2) is 5.20. The average molecular weight is 285 g/mol. The third kappa shape index (κ3) is 2.73. The van der Waals surface area contributed by atoms with Crippen molar-refractivity contribution in [3.8, 4) is 0 Å². The van der Waals surface area contributed by atoms with Crippen molar-refractivity contribution in [3.63, 3.8) is 0 Å². The predicted octanol–water partition coefficient (Wildman–Crippen LogP) is 1.46. The number of rotatable bonds is 5. The lowest BCUT2D eigenvalue weighted by molar-refractivity contribution is 0.276. The van der Waals surface area contributed by atoms with Gasteiger partial charge in [-0.25, -0.2) is 13.1 Å². The van der Waals surface area contributed by atoms with Crippen LogP contribution in [0.3, 0.4) is 0 Å². The van der Waals surface area contributed by atoms with Gasteiger partial charge in [0.2, 0.25) is 10.0 Å². The molecule has 0 atom stereocenters. The van der Waals surface area contributed by atoms with Crippen LogP contribution in [-0.4, -0.2) is 13.5 Å². The Morgan fingerprint density at radius 3 is 2.63 bits per heavy atom. The van der Waals surface area contributed by atoms with E-state index < -0.39 is 10.0 Å². The van der Waals surface area contributed by atoms with Gasteiger partial charge in [-0.3, -0.25) is 0 Å².